The summed E-state index contributed by atoms with van der Waals surface area (Å²) >= 11 is 2.37. The number of nitrogens with one attached hydrogen (secondary N) is 1. The molecule has 0 bridgehead atoms. The van der Waals surface area contributed by atoms with Crippen LogP contribution in [0.1, 0.15) is 33.4 Å². The van der Waals surface area contributed by atoms with Gasteiger partial charge in [0.15, 0.2) is 10.8 Å². The molecule has 196 valence electrons. The fourth-order valence-corrected chi connectivity index (χ4v) is 5.21. The standard InChI is InChI=1S/C21H27N5O8S2/c1-9(34-19(30)21(2,3)4)33-18(29)14-10(6-32-5)7-35-17-13(16(28)26(14)17)24-15(27)12(25-31)11-8-36-20(22)23-11/h8-9,13,17,31H,6-7H2,1-5H3,(H2,22,23)(H,24,27)/b25-12+. The minimum atomic E-state index is -1.20. The van der Waals surface area contributed by atoms with Crippen molar-refractivity contribution in [2.45, 2.75) is 45.4 Å². The van der Waals surface area contributed by atoms with E-state index in [4.69, 9.17) is 19.9 Å². The topological polar surface area (TPSA) is 183 Å². The van der Waals surface area contributed by atoms with Gasteiger partial charge in [-0.05, 0) is 26.3 Å². The largest absolute Gasteiger partial charge is 0.425 e. The zero-order valence-corrected chi connectivity index (χ0v) is 21.9. The summed E-state index contributed by atoms with van der Waals surface area (Å²) < 4.78 is 15.7. The van der Waals surface area contributed by atoms with Crippen LogP contribution in [0.2, 0.25) is 0 Å². The fourth-order valence-electron chi connectivity index (χ4n) is 3.33. The second-order valence-corrected chi connectivity index (χ2v) is 10.9. The Balaban J connectivity index is 1.75. The first-order valence-electron chi connectivity index (χ1n) is 10.7. The lowest BCUT2D eigenvalue weighted by molar-refractivity contribution is -0.190. The second-order valence-electron chi connectivity index (χ2n) is 8.89. The Morgan fingerprint density at radius 1 is 1.36 bits per heavy atom. The fraction of sp³-hybridized carbons (Fsp3) is 0.524. The molecule has 0 radical (unpaired) electrons. The van der Waals surface area contributed by atoms with E-state index in [1.165, 1.54) is 36.1 Å². The van der Waals surface area contributed by atoms with Crippen molar-refractivity contribution in [3.05, 3.63) is 22.3 Å². The summed E-state index contributed by atoms with van der Waals surface area (Å²) in [6, 6.07) is -1.00. The highest BCUT2D eigenvalue weighted by molar-refractivity contribution is 8.00. The van der Waals surface area contributed by atoms with Crippen molar-refractivity contribution in [3.8, 4) is 0 Å². The monoisotopic (exact) mass is 541 g/mol. The number of nitrogen functional groups attached to an aromatic ring is 1. The molecule has 0 aliphatic carbocycles. The van der Waals surface area contributed by atoms with E-state index in [1.807, 2.05) is 0 Å². The number of hydrogen-bond donors (Lipinski definition) is 3. The summed E-state index contributed by atoms with van der Waals surface area (Å²) in [7, 11) is 1.45. The number of hydrogen-bond acceptors (Lipinski definition) is 13. The third-order valence-electron chi connectivity index (χ3n) is 5.08. The first kappa shape index (κ1) is 27.4. The van der Waals surface area contributed by atoms with Crippen molar-refractivity contribution >= 4 is 57.7 Å². The number of nitrogens with two attached hydrogens (primary N) is 1. The Labute approximate surface area is 215 Å². The van der Waals surface area contributed by atoms with Gasteiger partial charge >= 0.3 is 11.9 Å². The maximum Gasteiger partial charge on any atom is 0.358 e. The molecule has 2 amide bonds. The molecule has 3 unspecified atom stereocenters. The molecule has 4 N–H and O–H groups in total. The number of β-lactam (4-membered cyclic amide) rings is 1. The van der Waals surface area contributed by atoms with Gasteiger partial charge in [-0.25, -0.2) is 9.78 Å². The molecular weight excluding hydrogens is 514 g/mol. The molecule has 3 rings (SSSR count). The lowest BCUT2D eigenvalue weighted by Crippen LogP contribution is -2.71. The third-order valence-corrected chi connectivity index (χ3v) is 7.10. The molecule has 1 aromatic rings. The number of carbonyl (C=O) groups is 4. The Bertz CT molecular complexity index is 1130. The maximum atomic E-state index is 13.0. The lowest BCUT2D eigenvalue weighted by atomic mass is 9.97. The SMILES string of the molecule is COCC1=C(C(=O)OC(C)OC(=O)C(C)(C)C)N2C(=O)C(NC(=O)/C(=N/O)c3csc(N)n3)C2SC1. The molecule has 3 atom stereocenters. The summed E-state index contributed by atoms with van der Waals surface area (Å²) in [5.41, 5.74) is 4.90. The van der Waals surface area contributed by atoms with E-state index in [-0.39, 0.29) is 23.1 Å². The number of ether oxygens (including phenoxy) is 3. The molecule has 0 spiro atoms. The zero-order valence-electron chi connectivity index (χ0n) is 20.3. The van der Waals surface area contributed by atoms with E-state index in [0.717, 1.165) is 11.3 Å². The van der Waals surface area contributed by atoms with Crippen LogP contribution in [0.15, 0.2) is 21.8 Å². The molecule has 0 aromatic carbocycles. The van der Waals surface area contributed by atoms with Crippen molar-refractivity contribution in [1.29, 1.82) is 0 Å². The first-order chi connectivity index (χ1) is 16.9. The molecular formula is C21H27N5O8S2. The number of carbonyl (C=O) groups excluding carboxylic acids is 4. The maximum absolute atomic E-state index is 13.0. The van der Waals surface area contributed by atoms with Gasteiger partial charge in [0.05, 0.1) is 12.0 Å². The summed E-state index contributed by atoms with van der Waals surface area (Å²) in [5.74, 6) is -2.51. The number of fused-ring (bicyclic) bond motifs is 1. The first-order valence-corrected chi connectivity index (χ1v) is 12.6. The van der Waals surface area contributed by atoms with E-state index in [2.05, 4.69) is 15.5 Å². The highest BCUT2D eigenvalue weighted by Crippen LogP contribution is 2.41. The van der Waals surface area contributed by atoms with Crippen molar-refractivity contribution in [3.63, 3.8) is 0 Å². The van der Waals surface area contributed by atoms with Crippen LogP contribution >= 0.6 is 23.1 Å². The van der Waals surface area contributed by atoms with Crippen LogP contribution in [-0.2, 0) is 33.4 Å². The van der Waals surface area contributed by atoms with Gasteiger partial charge in [0.1, 0.15) is 22.8 Å². The normalized spacial score (nSPS) is 20.9. The van der Waals surface area contributed by atoms with Crippen LogP contribution in [0.5, 0.6) is 0 Å². The number of oxime groups is 1. The highest BCUT2D eigenvalue weighted by Gasteiger charge is 2.55. The van der Waals surface area contributed by atoms with Crippen molar-refractivity contribution < 1.29 is 38.6 Å². The summed E-state index contributed by atoms with van der Waals surface area (Å²) in [5, 5.41) is 15.8. The van der Waals surface area contributed by atoms with Gasteiger partial charge in [0, 0.05) is 25.2 Å². The summed E-state index contributed by atoms with van der Waals surface area (Å²) in [6.07, 6.45) is -1.20. The molecule has 3 heterocycles. The Morgan fingerprint density at radius 3 is 2.61 bits per heavy atom. The quantitative estimate of drug-likeness (QED) is 0.105. The van der Waals surface area contributed by atoms with Gasteiger partial charge in [-0.3, -0.25) is 19.3 Å². The van der Waals surface area contributed by atoms with Crippen LogP contribution in [0.3, 0.4) is 0 Å². The van der Waals surface area contributed by atoms with Gasteiger partial charge < -0.3 is 30.5 Å². The van der Waals surface area contributed by atoms with E-state index in [9.17, 15) is 24.4 Å². The number of methoxy groups -OCH3 is 1. The number of aromatic nitrogens is 1. The highest BCUT2D eigenvalue weighted by atomic mass is 32.2. The predicted octanol–water partition coefficient (Wildman–Crippen LogP) is 0.683. The molecule has 0 saturated carbocycles. The van der Waals surface area contributed by atoms with Gasteiger partial charge in [0.2, 0.25) is 6.29 Å². The molecule has 15 heteroatoms. The van der Waals surface area contributed by atoms with Crippen LogP contribution in [0.25, 0.3) is 0 Å². The van der Waals surface area contributed by atoms with Gasteiger partial charge in [-0.15, -0.1) is 23.1 Å². The number of rotatable bonds is 8. The van der Waals surface area contributed by atoms with E-state index < -0.39 is 52.6 Å². The average molecular weight is 542 g/mol. The Kier molecular flexibility index (Phi) is 8.26. The van der Waals surface area contributed by atoms with Crippen LogP contribution < -0.4 is 11.1 Å². The molecule has 2 aliphatic rings. The van der Waals surface area contributed by atoms with Crippen LogP contribution in [0.4, 0.5) is 5.13 Å². The third kappa shape index (κ3) is 5.63. The number of nitrogens with zero attached hydrogens (tertiary/aromatic N) is 3. The summed E-state index contributed by atoms with van der Waals surface area (Å²) in [6.45, 7) is 6.45. The van der Waals surface area contributed by atoms with E-state index >= 15 is 0 Å². The number of anilines is 1. The summed E-state index contributed by atoms with van der Waals surface area (Å²) in [4.78, 5) is 56.0. The van der Waals surface area contributed by atoms with Crippen LogP contribution in [0, 0.1) is 5.41 Å². The molecule has 1 saturated heterocycles. The molecule has 2 aliphatic heterocycles. The minimum absolute atomic E-state index is 0.0296. The van der Waals surface area contributed by atoms with E-state index in [0.29, 0.717) is 11.3 Å². The molecule has 36 heavy (non-hydrogen) atoms. The number of thiazole rings is 1. The molecule has 1 aromatic heterocycles. The minimum Gasteiger partial charge on any atom is -0.425 e. The van der Waals surface area contributed by atoms with Crippen molar-refractivity contribution in [2.75, 3.05) is 25.2 Å². The second kappa shape index (κ2) is 10.8. The Hall–Kier alpha value is -3.17. The number of thioether (sulfide) groups is 1. The average Bonchev–Trinajstić information content (AvgIpc) is 3.22. The lowest BCUT2D eigenvalue weighted by Gasteiger charge is -2.49. The predicted molar refractivity (Wildman–Crippen MR) is 130 cm³/mol. The smallest absolute Gasteiger partial charge is 0.358 e. The molecule has 13 nitrogen and oxygen atoms in total. The molecule has 1 fully saturated rings. The van der Waals surface area contributed by atoms with Gasteiger partial charge in [0.25, 0.3) is 11.8 Å². The van der Waals surface area contributed by atoms with Crippen molar-refractivity contribution in [1.82, 2.24) is 15.2 Å². The number of esters is 2. The zero-order chi connectivity index (χ0) is 26.8. The van der Waals surface area contributed by atoms with Gasteiger partial charge in [-0.2, -0.15) is 0 Å². The van der Waals surface area contributed by atoms with E-state index in [1.54, 1.807) is 20.8 Å². The van der Waals surface area contributed by atoms with Crippen LogP contribution in [-0.4, -0.2) is 81.7 Å². The Morgan fingerprint density at radius 2 is 2.06 bits per heavy atom. The number of amides is 2. The van der Waals surface area contributed by atoms with Crippen molar-refractivity contribution in [2.24, 2.45) is 10.6 Å². The van der Waals surface area contributed by atoms with Gasteiger partial charge in [-0.1, -0.05) is 5.16 Å².